The van der Waals surface area contributed by atoms with Crippen LogP contribution in [-0.4, -0.2) is 12.9 Å². The van der Waals surface area contributed by atoms with E-state index in [1.54, 1.807) is 7.11 Å². The van der Waals surface area contributed by atoms with Gasteiger partial charge in [0.1, 0.15) is 5.75 Å². The highest BCUT2D eigenvalue weighted by Gasteiger charge is 2.05. The molecule has 0 aliphatic carbocycles. The Hall–Kier alpha value is -1.57. The van der Waals surface area contributed by atoms with Crippen molar-refractivity contribution in [2.24, 2.45) is 0 Å². The van der Waals surface area contributed by atoms with E-state index in [0.717, 1.165) is 24.2 Å². The molecule has 0 aliphatic heterocycles. The molecule has 0 saturated heterocycles. The van der Waals surface area contributed by atoms with E-state index in [1.165, 1.54) is 70.6 Å². The lowest BCUT2D eigenvalue weighted by Gasteiger charge is -2.03. The Morgan fingerprint density at radius 1 is 0.778 bits per heavy atom. The minimum atomic E-state index is 0.246. The first-order valence-electron chi connectivity index (χ1n) is 11.1. The first kappa shape index (κ1) is 23.5. The van der Waals surface area contributed by atoms with Crippen molar-refractivity contribution in [3.05, 3.63) is 42.0 Å². The van der Waals surface area contributed by atoms with E-state index in [0.29, 0.717) is 6.42 Å². The molecule has 0 atom stereocenters. The molecule has 0 aromatic heterocycles. The van der Waals surface area contributed by atoms with Gasteiger partial charge >= 0.3 is 0 Å². The third-order valence-electron chi connectivity index (χ3n) is 5.08. The van der Waals surface area contributed by atoms with Crippen molar-refractivity contribution < 1.29 is 9.53 Å². The fourth-order valence-corrected chi connectivity index (χ4v) is 3.28. The van der Waals surface area contributed by atoms with Gasteiger partial charge in [-0.15, -0.1) is 0 Å². The van der Waals surface area contributed by atoms with Crippen LogP contribution in [0.1, 0.15) is 107 Å². The number of methoxy groups -OCH3 is 1. The highest BCUT2D eigenvalue weighted by atomic mass is 16.5. The Morgan fingerprint density at radius 2 is 1.30 bits per heavy atom. The maximum atomic E-state index is 12.1. The quantitative estimate of drug-likeness (QED) is 0.158. The first-order valence-corrected chi connectivity index (χ1v) is 11.1. The predicted octanol–water partition coefficient (Wildman–Crippen LogP) is 7.92. The summed E-state index contributed by atoms with van der Waals surface area (Å²) in [5.74, 6) is 1.04. The van der Waals surface area contributed by atoms with Gasteiger partial charge in [0.15, 0.2) is 5.78 Å². The molecule has 0 fully saturated rings. The van der Waals surface area contributed by atoms with E-state index in [9.17, 15) is 4.79 Å². The van der Waals surface area contributed by atoms with E-state index in [-0.39, 0.29) is 5.78 Å². The zero-order chi connectivity index (χ0) is 19.6. The van der Waals surface area contributed by atoms with Gasteiger partial charge in [0.05, 0.1) is 7.11 Å². The molecule has 0 heterocycles. The van der Waals surface area contributed by atoms with Gasteiger partial charge in [0.2, 0.25) is 0 Å². The van der Waals surface area contributed by atoms with Gasteiger partial charge in [-0.3, -0.25) is 4.79 Å². The smallest absolute Gasteiger partial charge is 0.162 e. The van der Waals surface area contributed by atoms with E-state index >= 15 is 0 Å². The molecule has 1 aromatic rings. The minimum Gasteiger partial charge on any atom is -0.497 e. The van der Waals surface area contributed by atoms with Gasteiger partial charge in [0.25, 0.3) is 0 Å². The van der Waals surface area contributed by atoms with Crippen LogP contribution in [0.2, 0.25) is 0 Å². The Labute approximate surface area is 167 Å². The second-order valence-corrected chi connectivity index (χ2v) is 7.49. The van der Waals surface area contributed by atoms with Crippen molar-refractivity contribution in [2.45, 2.75) is 96.8 Å². The zero-order valence-corrected chi connectivity index (χ0v) is 17.7. The van der Waals surface area contributed by atoms with Gasteiger partial charge < -0.3 is 4.74 Å². The third kappa shape index (κ3) is 12.4. The van der Waals surface area contributed by atoms with Crippen molar-refractivity contribution in [2.75, 3.05) is 7.11 Å². The number of Topliss-reactive ketones (excluding diaryl/α,β-unsaturated/α-hetero) is 1. The lowest BCUT2D eigenvalue weighted by molar-refractivity contribution is 0.0979. The highest BCUT2D eigenvalue weighted by Crippen LogP contribution is 2.15. The monoisotopic (exact) mass is 372 g/mol. The molecule has 2 nitrogen and oxygen atoms in total. The molecule has 0 N–H and O–H groups in total. The van der Waals surface area contributed by atoms with Crippen molar-refractivity contribution in [1.82, 2.24) is 0 Å². The highest BCUT2D eigenvalue weighted by molar-refractivity contribution is 5.96. The summed E-state index contributed by atoms with van der Waals surface area (Å²) in [5, 5.41) is 0. The van der Waals surface area contributed by atoms with Crippen molar-refractivity contribution in [3.8, 4) is 5.75 Å². The molecule has 27 heavy (non-hydrogen) atoms. The lowest BCUT2D eigenvalue weighted by atomic mass is 10.0. The van der Waals surface area contributed by atoms with Crippen LogP contribution in [0.15, 0.2) is 36.4 Å². The largest absolute Gasteiger partial charge is 0.497 e. The van der Waals surface area contributed by atoms with E-state index < -0.39 is 0 Å². The first-order chi connectivity index (χ1) is 13.3. The molecule has 1 aromatic carbocycles. The number of ether oxygens (including phenoxy) is 1. The molecule has 0 aliphatic rings. The van der Waals surface area contributed by atoms with Gasteiger partial charge in [0, 0.05) is 12.0 Å². The summed E-state index contributed by atoms with van der Waals surface area (Å²) in [7, 11) is 1.64. The molecule has 152 valence electrons. The Kier molecular flexibility index (Phi) is 14.4. The fourth-order valence-electron chi connectivity index (χ4n) is 3.28. The van der Waals surface area contributed by atoms with Gasteiger partial charge in [-0.2, -0.15) is 0 Å². The standard InChI is InChI=1S/C25H40O2/c1-3-4-5-6-7-8-9-10-11-12-13-14-15-16-17-18-25(26)23-19-21-24(27-2)22-20-23/h10-11,19-22H,3-9,12-18H2,1-2H3/b11-10-. The minimum absolute atomic E-state index is 0.246. The van der Waals surface area contributed by atoms with Crippen molar-refractivity contribution >= 4 is 5.78 Å². The third-order valence-corrected chi connectivity index (χ3v) is 5.08. The number of hydrogen-bond donors (Lipinski definition) is 0. The summed E-state index contributed by atoms with van der Waals surface area (Å²) in [5.41, 5.74) is 0.798. The van der Waals surface area contributed by atoms with Crippen LogP contribution in [0.4, 0.5) is 0 Å². The summed E-state index contributed by atoms with van der Waals surface area (Å²) >= 11 is 0. The number of benzene rings is 1. The normalized spacial score (nSPS) is 11.2. The van der Waals surface area contributed by atoms with Crippen LogP contribution in [0.5, 0.6) is 5.75 Å². The lowest BCUT2D eigenvalue weighted by Crippen LogP contribution is -1.98. The summed E-state index contributed by atoms with van der Waals surface area (Å²) < 4.78 is 5.12. The van der Waals surface area contributed by atoms with Gasteiger partial charge in [-0.25, -0.2) is 0 Å². The number of ketones is 1. The molecule has 2 heteroatoms. The molecule has 0 radical (unpaired) electrons. The summed E-state index contributed by atoms with van der Waals surface area (Å²) in [6.07, 6.45) is 22.1. The average molecular weight is 373 g/mol. The molecule has 1 rings (SSSR count). The maximum absolute atomic E-state index is 12.1. The number of unbranched alkanes of at least 4 members (excludes halogenated alkanes) is 11. The van der Waals surface area contributed by atoms with Crippen LogP contribution in [0.3, 0.4) is 0 Å². The fraction of sp³-hybridized carbons (Fsp3) is 0.640. The van der Waals surface area contributed by atoms with Crippen LogP contribution in [-0.2, 0) is 0 Å². The SMILES string of the molecule is CCCCCCCC/C=C\CCCCCCCC(=O)c1ccc(OC)cc1. The molecular formula is C25H40O2. The average Bonchev–Trinajstić information content (AvgIpc) is 2.70. The van der Waals surface area contributed by atoms with Gasteiger partial charge in [-0.1, -0.05) is 70.4 Å². The van der Waals surface area contributed by atoms with Crippen molar-refractivity contribution in [3.63, 3.8) is 0 Å². The van der Waals surface area contributed by atoms with Crippen LogP contribution < -0.4 is 4.74 Å². The summed E-state index contributed by atoms with van der Waals surface area (Å²) in [4.78, 5) is 12.1. The Balaban J connectivity index is 1.91. The van der Waals surface area contributed by atoms with E-state index in [4.69, 9.17) is 4.74 Å². The summed E-state index contributed by atoms with van der Waals surface area (Å²) in [6, 6.07) is 7.43. The number of carbonyl (C=O) groups is 1. The number of allylic oxidation sites excluding steroid dienone is 2. The van der Waals surface area contributed by atoms with Crippen molar-refractivity contribution in [1.29, 1.82) is 0 Å². The molecule has 0 unspecified atom stereocenters. The van der Waals surface area contributed by atoms with Crippen LogP contribution >= 0.6 is 0 Å². The van der Waals surface area contributed by atoms with E-state index in [2.05, 4.69) is 19.1 Å². The predicted molar refractivity (Wildman–Crippen MR) is 117 cm³/mol. The second kappa shape index (κ2) is 16.6. The Bertz CT molecular complexity index is 502. The van der Waals surface area contributed by atoms with E-state index in [1.807, 2.05) is 24.3 Å². The molecule has 0 saturated carbocycles. The summed E-state index contributed by atoms with van der Waals surface area (Å²) in [6.45, 7) is 2.27. The number of carbonyl (C=O) groups excluding carboxylic acids is 1. The molecule has 0 bridgehead atoms. The molecule has 0 amide bonds. The molecular weight excluding hydrogens is 332 g/mol. The second-order valence-electron chi connectivity index (χ2n) is 7.49. The van der Waals surface area contributed by atoms with Gasteiger partial charge in [-0.05, 0) is 56.4 Å². The zero-order valence-electron chi connectivity index (χ0n) is 17.7. The van der Waals surface area contributed by atoms with Crippen LogP contribution in [0.25, 0.3) is 0 Å². The number of hydrogen-bond acceptors (Lipinski definition) is 2. The van der Waals surface area contributed by atoms with Crippen LogP contribution in [0, 0.1) is 0 Å². The maximum Gasteiger partial charge on any atom is 0.162 e. The Morgan fingerprint density at radius 3 is 1.85 bits per heavy atom. The molecule has 0 spiro atoms. The topological polar surface area (TPSA) is 26.3 Å². The number of rotatable bonds is 17.